The Morgan fingerprint density at radius 2 is 1.96 bits per heavy atom. The molecule has 0 fully saturated rings. The first kappa shape index (κ1) is 20.0. The number of halogens is 3. The van der Waals surface area contributed by atoms with Gasteiger partial charge in [0, 0.05) is 25.0 Å². The molecule has 0 heterocycles. The monoisotopic (exact) mass is 382 g/mol. The van der Waals surface area contributed by atoms with E-state index in [0.29, 0.717) is 28.6 Å². The highest BCUT2D eigenvalue weighted by Crippen LogP contribution is 2.27. The van der Waals surface area contributed by atoms with Crippen molar-refractivity contribution in [3.8, 4) is 5.75 Å². The first-order chi connectivity index (χ1) is 12.3. The molecule has 2 aromatic carbocycles. The molecular weight excluding hydrogens is 362 g/mol. The van der Waals surface area contributed by atoms with E-state index in [4.69, 9.17) is 16.3 Å². The maximum Gasteiger partial charge on any atom is 0.224 e. The van der Waals surface area contributed by atoms with Crippen LogP contribution < -0.4 is 10.1 Å². The Bertz CT molecular complexity index is 786. The highest BCUT2D eigenvalue weighted by atomic mass is 35.5. The molecule has 0 radical (unpaired) electrons. The van der Waals surface area contributed by atoms with Crippen molar-refractivity contribution in [1.82, 2.24) is 4.90 Å². The fraction of sp³-hybridized carbons (Fsp3) is 0.316. The summed E-state index contributed by atoms with van der Waals surface area (Å²) in [6, 6.07) is 8.45. The molecule has 0 bridgehead atoms. The van der Waals surface area contributed by atoms with Gasteiger partial charge in [-0.15, -0.1) is 0 Å². The second kappa shape index (κ2) is 8.85. The normalized spacial score (nSPS) is 11.8. The molecule has 1 N–H and O–H groups in total. The zero-order valence-corrected chi connectivity index (χ0v) is 15.6. The van der Waals surface area contributed by atoms with E-state index in [1.165, 1.54) is 11.0 Å². The number of benzene rings is 2. The molecule has 7 heteroatoms. The van der Waals surface area contributed by atoms with Crippen molar-refractivity contribution < 1.29 is 18.3 Å². The first-order valence-corrected chi connectivity index (χ1v) is 8.49. The van der Waals surface area contributed by atoms with Crippen molar-refractivity contribution >= 4 is 23.2 Å². The summed E-state index contributed by atoms with van der Waals surface area (Å²) in [4.78, 5) is 13.9. The highest BCUT2D eigenvalue weighted by molar-refractivity contribution is 6.30. The van der Waals surface area contributed by atoms with Gasteiger partial charge in [0.1, 0.15) is 5.75 Å². The molecule has 0 aliphatic carbocycles. The minimum absolute atomic E-state index is 0.129. The molecule has 0 saturated heterocycles. The lowest BCUT2D eigenvalue weighted by Gasteiger charge is -2.25. The van der Waals surface area contributed by atoms with E-state index >= 15 is 0 Å². The average Bonchev–Trinajstić information content (AvgIpc) is 2.62. The van der Waals surface area contributed by atoms with Crippen LogP contribution in [-0.2, 0) is 4.79 Å². The van der Waals surface area contributed by atoms with Gasteiger partial charge in [-0.2, -0.15) is 0 Å². The van der Waals surface area contributed by atoms with Gasteiger partial charge in [0.25, 0.3) is 0 Å². The van der Waals surface area contributed by atoms with Gasteiger partial charge in [0.15, 0.2) is 11.6 Å². The minimum Gasteiger partial charge on any atom is -0.495 e. The third kappa shape index (κ3) is 4.85. The predicted octanol–water partition coefficient (Wildman–Crippen LogP) is 4.65. The van der Waals surface area contributed by atoms with E-state index in [-0.39, 0.29) is 18.4 Å². The summed E-state index contributed by atoms with van der Waals surface area (Å²) < 4.78 is 31.7. The number of amides is 1. The number of nitrogens with one attached hydrogen (secondary N) is 1. The molecule has 0 spiro atoms. The summed E-state index contributed by atoms with van der Waals surface area (Å²) >= 11 is 5.97. The zero-order valence-electron chi connectivity index (χ0n) is 14.9. The number of carbonyl (C=O) groups excluding carboxylic acids is 1. The topological polar surface area (TPSA) is 41.6 Å². The van der Waals surface area contributed by atoms with E-state index in [1.54, 1.807) is 39.3 Å². The number of methoxy groups -OCH3 is 1. The lowest BCUT2D eigenvalue weighted by Crippen LogP contribution is -2.31. The maximum absolute atomic E-state index is 13.4. The van der Waals surface area contributed by atoms with E-state index in [2.05, 4.69) is 5.32 Å². The van der Waals surface area contributed by atoms with Gasteiger partial charge in [0.05, 0.1) is 18.8 Å². The number of rotatable bonds is 7. The van der Waals surface area contributed by atoms with Crippen LogP contribution in [0.4, 0.5) is 14.5 Å². The Hall–Kier alpha value is -2.34. The number of hydrogen-bond donors (Lipinski definition) is 1. The lowest BCUT2D eigenvalue weighted by molar-refractivity contribution is -0.131. The van der Waals surface area contributed by atoms with E-state index in [1.807, 2.05) is 0 Å². The second-order valence-electron chi connectivity index (χ2n) is 5.88. The summed E-state index contributed by atoms with van der Waals surface area (Å²) in [7, 11) is 3.19. The van der Waals surface area contributed by atoms with Crippen LogP contribution in [0.15, 0.2) is 36.4 Å². The Kier molecular flexibility index (Phi) is 6.80. The summed E-state index contributed by atoms with van der Waals surface area (Å²) in [5.41, 5.74) is 1.23. The van der Waals surface area contributed by atoms with Crippen LogP contribution in [-0.4, -0.2) is 31.5 Å². The summed E-state index contributed by atoms with van der Waals surface area (Å²) in [6.45, 7) is 2.14. The Morgan fingerprint density at radius 1 is 1.23 bits per heavy atom. The van der Waals surface area contributed by atoms with Gasteiger partial charge in [0.2, 0.25) is 5.91 Å². The molecule has 2 rings (SSSR count). The molecule has 0 aliphatic rings. The van der Waals surface area contributed by atoms with Gasteiger partial charge in [-0.3, -0.25) is 4.79 Å². The number of nitrogens with zero attached hydrogens (tertiary/aromatic N) is 1. The summed E-state index contributed by atoms with van der Waals surface area (Å²) in [6.07, 6.45) is 0.222. The molecule has 1 amide bonds. The van der Waals surface area contributed by atoms with Crippen LogP contribution in [0.25, 0.3) is 0 Å². The van der Waals surface area contributed by atoms with Crippen molar-refractivity contribution in [2.75, 3.05) is 26.0 Å². The largest absolute Gasteiger partial charge is 0.495 e. The molecule has 140 valence electrons. The molecule has 1 atom stereocenters. The van der Waals surface area contributed by atoms with Crippen molar-refractivity contribution in [3.05, 3.63) is 58.6 Å². The van der Waals surface area contributed by atoms with Gasteiger partial charge in [-0.25, -0.2) is 8.78 Å². The predicted molar refractivity (Wildman–Crippen MR) is 98.7 cm³/mol. The highest BCUT2D eigenvalue weighted by Gasteiger charge is 2.18. The van der Waals surface area contributed by atoms with Crippen LogP contribution in [0.5, 0.6) is 5.75 Å². The molecule has 0 aliphatic heterocycles. The third-order valence-electron chi connectivity index (χ3n) is 4.22. The second-order valence-corrected chi connectivity index (χ2v) is 6.31. The molecule has 2 aromatic rings. The van der Waals surface area contributed by atoms with E-state index in [0.717, 1.165) is 12.1 Å². The van der Waals surface area contributed by atoms with Gasteiger partial charge in [-0.05, 0) is 42.8 Å². The van der Waals surface area contributed by atoms with E-state index < -0.39 is 11.6 Å². The summed E-state index contributed by atoms with van der Waals surface area (Å²) in [5.74, 6) is -1.33. The minimum atomic E-state index is -0.926. The molecule has 26 heavy (non-hydrogen) atoms. The molecule has 0 saturated carbocycles. The molecular formula is C19H21ClF2N2O2. The Morgan fingerprint density at radius 3 is 2.62 bits per heavy atom. The quantitative estimate of drug-likeness (QED) is 0.758. The number of carbonyl (C=O) groups is 1. The fourth-order valence-corrected chi connectivity index (χ4v) is 2.68. The Balaban J connectivity index is 1.94. The van der Waals surface area contributed by atoms with Gasteiger partial charge >= 0.3 is 0 Å². The molecule has 1 unspecified atom stereocenters. The SMILES string of the molecule is COc1ccc(Cl)cc1NCCC(=O)N(C)C(C)c1ccc(F)c(F)c1. The zero-order chi connectivity index (χ0) is 19.3. The van der Waals surface area contributed by atoms with Crippen molar-refractivity contribution in [3.63, 3.8) is 0 Å². The molecule has 4 nitrogen and oxygen atoms in total. The standard InChI is InChI=1S/C19H21ClF2N2O2/c1-12(13-4-6-15(21)16(22)10-13)24(2)19(25)8-9-23-17-11-14(20)5-7-18(17)26-3/h4-7,10-12,23H,8-9H2,1-3H3. The van der Waals surface area contributed by atoms with Crippen LogP contribution in [0.3, 0.4) is 0 Å². The van der Waals surface area contributed by atoms with Crippen LogP contribution in [0.2, 0.25) is 5.02 Å². The first-order valence-electron chi connectivity index (χ1n) is 8.11. The number of hydrogen-bond acceptors (Lipinski definition) is 3. The smallest absolute Gasteiger partial charge is 0.224 e. The van der Waals surface area contributed by atoms with Crippen LogP contribution in [0.1, 0.15) is 24.9 Å². The average molecular weight is 383 g/mol. The van der Waals surface area contributed by atoms with Crippen molar-refractivity contribution in [1.29, 1.82) is 0 Å². The van der Waals surface area contributed by atoms with E-state index in [9.17, 15) is 13.6 Å². The van der Waals surface area contributed by atoms with Crippen LogP contribution >= 0.6 is 11.6 Å². The Labute approximate surface area is 156 Å². The number of ether oxygens (including phenoxy) is 1. The fourth-order valence-electron chi connectivity index (χ4n) is 2.51. The third-order valence-corrected chi connectivity index (χ3v) is 4.45. The summed E-state index contributed by atoms with van der Waals surface area (Å²) in [5, 5.41) is 3.68. The van der Waals surface area contributed by atoms with Gasteiger partial charge in [-0.1, -0.05) is 17.7 Å². The lowest BCUT2D eigenvalue weighted by atomic mass is 10.1. The maximum atomic E-state index is 13.4. The van der Waals surface area contributed by atoms with Crippen LogP contribution in [0, 0.1) is 11.6 Å². The van der Waals surface area contributed by atoms with Gasteiger partial charge < -0.3 is 15.0 Å². The molecule has 0 aromatic heterocycles. The van der Waals surface area contributed by atoms with Crippen molar-refractivity contribution in [2.45, 2.75) is 19.4 Å². The van der Waals surface area contributed by atoms with Crippen molar-refractivity contribution in [2.24, 2.45) is 0 Å². The number of anilines is 1.